The molecule has 5 heteroatoms. The van der Waals surface area contributed by atoms with Crippen molar-refractivity contribution >= 4 is 27.5 Å². The first-order chi connectivity index (χ1) is 9.52. The lowest BCUT2D eigenvalue weighted by molar-refractivity contribution is 0.0990. The first kappa shape index (κ1) is 14.1. The highest BCUT2D eigenvalue weighted by Crippen LogP contribution is 2.25. The number of carbonyl (C=O) groups is 1. The van der Waals surface area contributed by atoms with Gasteiger partial charge in [0.2, 0.25) is 0 Å². The summed E-state index contributed by atoms with van der Waals surface area (Å²) < 4.78 is 0.715. The number of hydrogen-bond donors (Lipinski definition) is 1. The Kier molecular flexibility index (Phi) is 4.06. The molecule has 0 unspecified atom stereocenters. The number of hydrogen-bond acceptors (Lipinski definition) is 3. The van der Waals surface area contributed by atoms with Gasteiger partial charge in [0.25, 0.3) is 5.91 Å². The van der Waals surface area contributed by atoms with E-state index in [4.69, 9.17) is 5.26 Å². The fourth-order valence-corrected chi connectivity index (χ4v) is 2.10. The fraction of sp³-hybridized carbons (Fsp3) is 0.0667. The largest absolute Gasteiger partial charge is 0.507 e. The highest BCUT2D eigenvalue weighted by molar-refractivity contribution is 9.10. The predicted molar refractivity (Wildman–Crippen MR) is 79.7 cm³/mol. The molecule has 0 fully saturated rings. The van der Waals surface area contributed by atoms with Crippen LogP contribution in [0.4, 0.5) is 5.69 Å². The highest BCUT2D eigenvalue weighted by atomic mass is 79.9. The third-order valence-corrected chi connectivity index (χ3v) is 3.37. The molecule has 0 radical (unpaired) electrons. The first-order valence-electron chi connectivity index (χ1n) is 5.79. The third kappa shape index (κ3) is 2.81. The van der Waals surface area contributed by atoms with Crippen LogP contribution in [0, 0.1) is 11.3 Å². The summed E-state index contributed by atoms with van der Waals surface area (Å²) in [5.74, 6) is -0.396. The highest BCUT2D eigenvalue weighted by Gasteiger charge is 2.17. The van der Waals surface area contributed by atoms with Gasteiger partial charge in [0, 0.05) is 17.2 Å². The Morgan fingerprint density at radius 3 is 2.50 bits per heavy atom. The Labute approximate surface area is 125 Å². The van der Waals surface area contributed by atoms with Gasteiger partial charge < -0.3 is 10.0 Å². The van der Waals surface area contributed by atoms with Gasteiger partial charge in [0.15, 0.2) is 0 Å². The van der Waals surface area contributed by atoms with Crippen LogP contribution in [0.15, 0.2) is 46.9 Å². The van der Waals surface area contributed by atoms with Crippen molar-refractivity contribution in [2.75, 3.05) is 11.9 Å². The van der Waals surface area contributed by atoms with E-state index in [-0.39, 0.29) is 17.2 Å². The molecule has 2 aromatic rings. The van der Waals surface area contributed by atoms with E-state index in [1.54, 1.807) is 43.4 Å². The lowest BCUT2D eigenvalue weighted by Crippen LogP contribution is -2.26. The van der Waals surface area contributed by atoms with Crippen LogP contribution in [-0.4, -0.2) is 18.1 Å². The van der Waals surface area contributed by atoms with E-state index in [2.05, 4.69) is 15.9 Å². The monoisotopic (exact) mass is 330 g/mol. The molecule has 2 aromatic carbocycles. The summed E-state index contributed by atoms with van der Waals surface area (Å²) in [6.07, 6.45) is 0. The normalized spacial score (nSPS) is 9.85. The van der Waals surface area contributed by atoms with Crippen molar-refractivity contribution in [3.63, 3.8) is 0 Å². The van der Waals surface area contributed by atoms with Gasteiger partial charge in [0.05, 0.1) is 17.2 Å². The minimum absolute atomic E-state index is 0.0707. The van der Waals surface area contributed by atoms with Gasteiger partial charge in [-0.05, 0) is 42.5 Å². The van der Waals surface area contributed by atoms with Gasteiger partial charge in [-0.1, -0.05) is 15.9 Å². The number of phenols is 1. The van der Waals surface area contributed by atoms with E-state index >= 15 is 0 Å². The zero-order valence-electron chi connectivity index (χ0n) is 10.7. The Hall–Kier alpha value is -2.32. The SMILES string of the molecule is CN(C(=O)c1cc(Br)ccc1O)c1ccc(C#N)cc1. The number of halogens is 1. The minimum Gasteiger partial charge on any atom is -0.507 e. The summed E-state index contributed by atoms with van der Waals surface area (Å²) in [6, 6.07) is 13.4. The second-order valence-corrected chi connectivity index (χ2v) is 5.10. The molecule has 20 heavy (non-hydrogen) atoms. The molecule has 0 saturated carbocycles. The Morgan fingerprint density at radius 2 is 1.90 bits per heavy atom. The minimum atomic E-state index is -0.325. The van der Waals surface area contributed by atoms with Crippen LogP contribution in [0.1, 0.15) is 15.9 Å². The topological polar surface area (TPSA) is 64.3 Å². The van der Waals surface area contributed by atoms with Gasteiger partial charge in [-0.25, -0.2) is 0 Å². The second kappa shape index (κ2) is 5.76. The molecule has 0 bridgehead atoms. The van der Waals surface area contributed by atoms with E-state index in [1.165, 1.54) is 11.0 Å². The maximum Gasteiger partial charge on any atom is 0.261 e. The molecule has 0 aromatic heterocycles. The third-order valence-electron chi connectivity index (χ3n) is 2.88. The Bertz CT molecular complexity index is 690. The molecule has 1 N–H and O–H groups in total. The van der Waals surface area contributed by atoms with Gasteiger partial charge in [-0.2, -0.15) is 5.26 Å². The van der Waals surface area contributed by atoms with Gasteiger partial charge in [-0.3, -0.25) is 4.79 Å². The molecule has 0 saturated heterocycles. The van der Waals surface area contributed by atoms with E-state index in [9.17, 15) is 9.90 Å². The molecule has 0 aliphatic heterocycles. The van der Waals surface area contributed by atoms with Gasteiger partial charge in [0.1, 0.15) is 5.75 Å². The quantitative estimate of drug-likeness (QED) is 0.918. The number of amides is 1. The lowest BCUT2D eigenvalue weighted by Gasteiger charge is -2.18. The van der Waals surface area contributed by atoms with Crippen LogP contribution in [-0.2, 0) is 0 Å². The van der Waals surface area contributed by atoms with Crippen molar-refractivity contribution in [2.45, 2.75) is 0 Å². The first-order valence-corrected chi connectivity index (χ1v) is 6.59. The standard InChI is InChI=1S/C15H11BrN2O2/c1-18(12-5-2-10(9-17)3-6-12)15(20)13-8-11(16)4-7-14(13)19/h2-8,19H,1H3. The maximum absolute atomic E-state index is 12.4. The van der Waals surface area contributed by atoms with Crippen molar-refractivity contribution < 1.29 is 9.90 Å². The molecule has 0 aliphatic carbocycles. The molecule has 100 valence electrons. The number of benzene rings is 2. The Balaban J connectivity index is 2.32. The van der Waals surface area contributed by atoms with Crippen molar-refractivity contribution in [3.8, 4) is 11.8 Å². The Morgan fingerprint density at radius 1 is 1.25 bits per heavy atom. The van der Waals surface area contributed by atoms with Crippen molar-refractivity contribution in [1.29, 1.82) is 5.26 Å². The number of carbonyl (C=O) groups excluding carboxylic acids is 1. The van der Waals surface area contributed by atoms with Crippen molar-refractivity contribution in [3.05, 3.63) is 58.1 Å². The summed E-state index contributed by atoms with van der Waals surface area (Å²) in [5.41, 5.74) is 1.39. The van der Waals surface area contributed by atoms with Crippen molar-refractivity contribution in [1.82, 2.24) is 0 Å². The predicted octanol–water partition coefficient (Wildman–Crippen LogP) is 3.30. The number of nitrogens with zero attached hydrogens (tertiary/aromatic N) is 2. The van der Waals surface area contributed by atoms with Crippen LogP contribution in [0.3, 0.4) is 0 Å². The van der Waals surface area contributed by atoms with Gasteiger partial charge >= 0.3 is 0 Å². The average Bonchev–Trinajstić information content (AvgIpc) is 2.48. The van der Waals surface area contributed by atoms with Crippen LogP contribution < -0.4 is 4.90 Å². The number of aromatic hydroxyl groups is 1. The zero-order chi connectivity index (χ0) is 14.7. The molecular formula is C15H11BrN2O2. The van der Waals surface area contributed by atoms with E-state index in [0.29, 0.717) is 15.7 Å². The van der Waals surface area contributed by atoms with Crippen LogP contribution in [0.5, 0.6) is 5.75 Å². The number of phenolic OH excluding ortho intramolecular Hbond substituents is 1. The average molecular weight is 331 g/mol. The summed E-state index contributed by atoms with van der Waals surface area (Å²) in [7, 11) is 1.62. The number of rotatable bonds is 2. The maximum atomic E-state index is 12.4. The van der Waals surface area contributed by atoms with Gasteiger partial charge in [-0.15, -0.1) is 0 Å². The smallest absolute Gasteiger partial charge is 0.261 e. The molecule has 4 nitrogen and oxygen atoms in total. The van der Waals surface area contributed by atoms with E-state index in [0.717, 1.165) is 0 Å². The lowest BCUT2D eigenvalue weighted by atomic mass is 10.1. The fourth-order valence-electron chi connectivity index (χ4n) is 1.74. The van der Waals surface area contributed by atoms with Crippen LogP contribution in [0.2, 0.25) is 0 Å². The van der Waals surface area contributed by atoms with E-state index < -0.39 is 0 Å². The summed E-state index contributed by atoms with van der Waals surface area (Å²) in [4.78, 5) is 13.8. The molecule has 1 amide bonds. The number of nitriles is 1. The van der Waals surface area contributed by atoms with Crippen LogP contribution >= 0.6 is 15.9 Å². The van der Waals surface area contributed by atoms with Crippen LogP contribution in [0.25, 0.3) is 0 Å². The van der Waals surface area contributed by atoms with Crippen molar-refractivity contribution in [2.24, 2.45) is 0 Å². The number of anilines is 1. The summed E-state index contributed by atoms with van der Waals surface area (Å²) >= 11 is 3.27. The molecule has 2 rings (SSSR count). The second-order valence-electron chi connectivity index (χ2n) is 4.18. The molecule has 0 atom stereocenters. The summed E-state index contributed by atoms with van der Waals surface area (Å²) in [6.45, 7) is 0. The molecule has 0 spiro atoms. The zero-order valence-corrected chi connectivity index (χ0v) is 12.3. The summed E-state index contributed by atoms with van der Waals surface area (Å²) in [5, 5.41) is 18.5. The molecule has 0 heterocycles. The molecular weight excluding hydrogens is 320 g/mol. The molecule has 0 aliphatic rings. The van der Waals surface area contributed by atoms with E-state index in [1.807, 2.05) is 6.07 Å².